The zero-order valence-corrected chi connectivity index (χ0v) is 8.17. The predicted molar refractivity (Wildman–Crippen MR) is 50.0 cm³/mol. The summed E-state index contributed by atoms with van der Waals surface area (Å²) < 4.78 is 10.6. The Morgan fingerprint density at radius 2 is 1.83 bits per heavy atom. The van der Waals surface area contributed by atoms with Crippen molar-refractivity contribution in [3.63, 3.8) is 0 Å². The van der Waals surface area contributed by atoms with Crippen LogP contribution in [0.15, 0.2) is 0 Å². The highest BCUT2D eigenvalue weighted by molar-refractivity contribution is 4.93. The van der Waals surface area contributed by atoms with Gasteiger partial charge < -0.3 is 9.47 Å². The van der Waals surface area contributed by atoms with Gasteiger partial charge in [0.05, 0.1) is 19.3 Å². The Balaban J connectivity index is 3.25. The summed E-state index contributed by atoms with van der Waals surface area (Å²) in [4.78, 5) is 0. The third-order valence-corrected chi connectivity index (χ3v) is 1.41. The van der Waals surface area contributed by atoms with Gasteiger partial charge in [-0.3, -0.25) is 0 Å². The molecule has 0 aliphatic carbocycles. The van der Waals surface area contributed by atoms with Crippen LogP contribution in [0.4, 0.5) is 0 Å². The first-order valence-electron chi connectivity index (χ1n) is 4.40. The maximum Gasteiger partial charge on any atom is 0.117 e. The summed E-state index contributed by atoms with van der Waals surface area (Å²) in [6, 6.07) is 0. The van der Waals surface area contributed by atoms with Crippen LogP contribution in [0.5, 0.6) is 0 Å². The molecule has 0 fully saturated rings. The maximum atomic E-state index is 5.33. The predicted octanol–water partition coefficient (Wildman–Crippen LogP) is 1.84. The van der Waals surface area contributed by atoms with Crippen LogP contribution in [-0.2, 0) is 9.47 Å². The normalized spacial score (nSPS) is 12.9. The van der Waals surface area contributed by atoms with E-state index >= 15 is 0 Å². The average Bonchev–Trinajstić information content (AvgIpc) is 2.04. The van der Waals surface area contributed by atoms with Gasteiger partial charge in [0, 0.05) is 0 Å². The first kappa shape index (κ1) is 11.5. The van der Waals surface area contributed by atoms with E-state index in [1.807, 2.05) is 20.8 Å². The Morgan fingerprint density at radius 1 is 1.25 bits per heavy atom. The molecule has 12 heavy (non-hydrogen) atoms. The van der Waals surface area contributed by atoms with Crippen LogP contribution in [0.2, 0.25) is 0 Å². The highest BCUT2D eigenvalue weighted by Gasteiger charge is 2.00. The maximum absolute atomic E-state index is 5.33. The lowest BCUT2D eigenvalue weighted by Crippen LogP contribution is -2.15. The molecular weight excluding hydrogens is 152 g/mol. The molecule has 0 aliphatic rings. The average molecular weight is 170 g/mol. The van der Waals surface area contributed by atoms with E-state index in [0.717, 1.165) is 6.42 Å². The summed E-state index contributed by atoms with van der Waals surface area (Å²) in [5, 5.41) is 0. The van der Waals surface area contributed by atoms with Crippen molar-refractivity contribution in [2.75, 3.05) is 13.2 Å². The molecule has 0 amide bonds. The van der Waals surface area contributed by atoms with Gasteiger partial charge in [0.25, 0.3) is 0 Å². The third-order valence-electron chi connectivity index (χ3n) is 1.41. The topological polar surface area (TPSA) is 18.5 Å². The molecule has 0 bridgehead atoms. The molecule has 0 rings (SSSR count). The summed E-state index contributed by atoms with van der Waals surface area (Å²) in [6.45, 7) is 7.21. The minimum absolute atomic E-state index is 0.0548. The fraction of sp³-hybridized carbons (Fsp3) is 0.800. The molecule has 1 unspecified atom stereocenters. The van der Waals surface area contributed by atoms with Crippen molar-refractivity contribution in [2.45, 2.75) is 39.4 Å². The Kier molecular flexibility index (Phi) is 6.84. The van der Waals surface area contributed by atoms with E-state index in [-0.39, 0.29) is 12.2 Å². The minimum atomic E-state index is -0.0548. The summed E-state index contributed by atoms with van der Waals surface area (Å²) >= 11 is 0. The Morgan fingerprint density at radius 3 is 2.25 bits per heavy atom. The molecule has 0 radical (unpaired) electrons. The van der Waals surface area contributed by atoms with Crippen LogP contribution in [-0.4, -0.2) is 25.4 Å². The van der Waals surface area contributed by atoms with Gasteiger partial charge in [0.15, 0.2) is 0 Å². The molecule has 0 spiro atoms. The molecule has 0 aliphatic heterocycles. The molecule has 0 saturated heterocycles. The van der Waals surface area contributed by atoms with Crippen molar-refractivity contribution in [1.29, 1.82) is 0 Å². The second-order valence-corrected chi connectivity index (χ2v) is 2.85. The fourth-order valence-corrected chi connectivity index (χ4v) is 0.758. The van der Waals surface area contributed by atoms with Gasteiger partial charge in [0.2, 0.25) is 0 Å². The number of hydrogen-bond donors (Lipinski definition) is 0. The number of rotatable bonds is 6. The Hall–Kier alpha value is -0.520. The lowest BCUT2D eigenvalue weighted by atomic mass is 10.3. The monoisotopic (exact) mass is 170 g/mol. The molecule has 70 valence electrons. The van der Waals surface area contributed by atoms with Crippen LogP contribution in [0.1, 0.15) is 27.2 Å². The number of hydrogen-bond acceptors (Lipinski definition) is 2. The molecule has 0 aromatic carbocycles. The zero-order chi connectivity index (χ0) is 9.40. The van der Waals surface area contributed by atoms with E-state index in [4.69, 9.17) is 15.9 Å². The van der Waals surface area contributed by atoms with Gasteiger partial charge in [-0.25, -0.2) is 0 Å². The number of terminal acetylenes is 1. The standard InChI is InChI=1S/C10H18O2/c1-5-10(6-2)12-8-7-11-9(3)4/h1,9-10H,6-8H2,2-4H3. The van der Waals surface area contributed by atoms with Gasteiger partial charge in [-0.15, -0.1) is 6.42 Å². The van der Waals surface area contributed by atoms with E-state index < -0.39 is 0 Å². The SMILES string of the molecule is C#CC(CC)OCCOC(C)C. The third kappa shape index (κ3) is 6.21. The van der Waals surface area contributed by atoms with Crippen LogP contribution in [0.25, 0.3) is 0 Å². The van der Waals surface area contributed by atoms with Crippen molar-refractivity contribution >= 4 is 0 Å². The fourth-order valence-electron chi connectivity index (χ4n) is 0.758. The Bertz CT molecular complexity index is 135. The van der Waals surface area contributed by atoms with Gasteiger partial charge in [0.1, 0.15) is 6.10 Å². The largest absolute Gasteiger partial charge is 0.376 e. The van der Waals surface area contributed by atoms with Gasteiger partial charge >= 0.3 is 0 Å². The quantitative estimate of drug-likeness (QED) is 0.447. The van der Waals surface area contributed by atoms with Crippen LogP contribution < -0.4 is 0 Å². The summed E-state index contributed by atoms with van der Waals surface area (Å²) in [5.74, 6) is 2.56. The van der Waals surface area contributed by atoms with Crippen molar-refractivity contribution in [2.24, 2.45) is 0 Å². The van der Waals surface area contributed by atoms with Gasteiger partial charge in [-0.2, -0.15) is 0 Å². The zero-order valence-electron chi connectivity index (χ0n) is 8.17. The van der Waals surface area contributed by atoms with Crippen molar-refractivity contribution in [3.05, 3.63) is 0 Å². The number of ether oxygens (including phenoxy) is 2. The van der Waals surface area contributed by atoms with E-state index in [0.29, 0.717) is 13.2 Å². The summed E-state index contributed by atoms with van der Waals surface area (Å²) in [7, 11) is 0. The van der Waals surface area contributed by atoms with E-state index in [1.54, 1.807) is 0 Å². The van der Waals surface area contributed by atoms with Crippen molar-refractivity contribution in [1.82, 2.24) is 0 Å². The first-order chi connectivity index (χ1) is 5.70. The highest BCUT2D eigenvalue weighted by atomic mass is 16.5. The van der Waals surface area contributed by atoms with Crippen LogP contribution in [0.3, 0.4) is 0 Å². The van der Waals surface area contributed by atoms with E-state index in [9.17, 15) is 0 Å². The lowest BCUT2D eigenvalue weighted by Gasteiger charge is -2.11. The molecule has 0 heterocycles. The lowest BCUT2D eigenvalue weighted by molar-refractivity contribution is 0.00351. The molecular formula is C10H18O2. The van der Waals surface area contributed by atoms with E-state index in [2.05, 4.69) is 5.92 Å². The first-order valence-corrected chi connectivity index (χ1v) is 4.40. The van der Waals surface area contributed by atoms with Crippen LogP contribution in [0, 0.1) is 12.3 Å². The smallest absolute Gasteiger partial charge is 0.117 e. The molecule has 0 aromatic heterocycles. The van der Waals surface area contributed by atoms with Gasteiger partial charge in [-0.05, 0) is 20.3 Å². The molecule has 0 N–H and O–H groups in total. The van der Waals surface area contributed by atoms with E-state index in [1.165, 1.54) is 0 Å². The molecule has 2 heteroatoms. The van der Waals surface area contributed by atoms with Gasteiger partial charge in [-0.1, -0.05) is 12.8 Å². The van der Waals surface area contributed by atoms with Crippen molar-refractivity contribution in [3.8, 4) is 12.3 Å². The van der Waals surface area contributed by atoms with Crippen molar-refractivity contribution < 1.29 is 9.47 Å². The van der Waals surface area contributed by atoms with Crippen LogP contribution >= 0.6 is 0 Å². The minimum Gasteiger partial charge on any atom is -0.376 e. The summed E-state index contributed by atoms with van der Waals surface area (Å²) in [6.07, 6.45) is 6.28. The molecule has 2 nitrogen and oxygen atoms in total. The second kappa shape index (κ2) is 7.15. The second-order valence-electron chi connectivity index (χ2n) is 2.85. The summed E-state index contributed by atoms with van der Waals surface area (Å²) in [5.41, 5.74) is 0. The molecule has 1 atom stereocenters. The Labute approximate surface area is 75.3 Å². The molecule has 0 saturated carbocycles. The highest BCUT2D eigenvalue weighted by Crippen LogP contribution is 1.96. The molecule has 0 aromatic rings.